The first-order valence-electron chi connectivity index (χ1n) is 7.14. The molecule has 0 aliphatic rings. The van der Waals surface area contributed by atoms with Crippen LogP contribution in [0.25, 0.3) is 10.9 Å². The first kappa shape index (κ1) is 16.7. The van der Waals surface area contributed by atoms with Gasteiger partial charge in [0.05, 0.1) is 6.04 Å². The van der Waals surface area contributed by atoms with Crippen LogP contribution < -0.4 is 10.1 Å². The topological polar surface area (TPSA) is 97.7 Å². The first-order valence-corrected chi connectivity index (χ1v) is 7.14. The van der Waals surface area contributed by atoms with Gasteiger partial charge in [-0.25, -0.2) is 4.68 Å². The Labute approximate surface area is 139 Å². The second-order valence-corrected chi connectivity index (χ2v) is 5.34. The van der Waals surface area contributed by atoms with Gasteiger partial charge in [0.2, 0.25) is 0 Å². The summed E-state index contributed by atoms with van der Waals surface area (Å²) in [6.07, 6.45) is -4.78. The molecule has 8 nitrogen and oxygen atoms in total. The summed E-state index contributed by atoms with van der Waals surface area (Å²) in [6, 6.07) is 4.86. The summed E-state index contributed by atoms with van der Waals surface area (Å²) in [4.78, 5) is 15.1. The predicted molar refractivity (Wildman–Crippen MR) is 79.7 cm³/mol. The van der Waals surface area contributed by atoms with Crippen molar-refractivity contribution in [3.63, 3.8) is 0 Å². The van der Waals surface area contributed by atoms with Gasteiger partial charge in [-0.1, -0.05) is 0 Å². The van der Waals surface area contributed by atoms with Crippen molar-refractivity contribution < 1.29 is 22.7 Å². The summed E-state index contributed by atoms with van der Waals surface area (Å²) >= 11 is 0. The molecule has 2 aromatic heterocycles. The summed E-state index contributed by atoms with van der Waals surface area (Å²) in [5, 5.41) is 14.3. The highest BCUT2D eigenvalue weighted by Crippen LogP contribution is 2.26. The zero-order valence-corrected chi connectivity index (χ0v) is 13.1. The highest BCUT2D eigenvalue weighted by atomic mass is 19.4. The fraction of sp³-hybridized carbons (Fsp3) is 0.286. The molecule has 0 radical (unpaired) electrons. The molecule has 1 atom stereocenters. The van der Waals surface area contributed by atoms with E-state index in [9.17, 15) is 18.0 Å². The highest BCUT2D eigenvalue weighted by molar-refractivity contribution is 5.98. The molecule has 3 aromatic rings. The number of nitrogens with zero attached hydrogens (tertiary/aromatic N) is 4. The van der Waals surface area contributed by atoms with Crippen molar-refractivity contribution >= 4 is 16.8 Å². The number of ether oxygens (including phenoxy) is 1. The van der Waals surface area contributed by atoms with Crippen LogP contribution >= 0.6 is 0 Å². The van der Waals surface area contributed by atoms with Gasteiger partial charge >= 0.3 is 6.36 Å². The lowest BCUT2D eigenvalue weighted by atomic mass is 10.2. The molecule has 2 N–H and O–H groups in total. The molecule has 25 heavy (non-hydrogen) atoms. The molecule has 0 spiro atoms. The molecule has 11 heteroatoms. The second-order valence-electron chi connectivity index (χ2n) is 5.34. The molecule has 0 aliphatic heterocycles. The molecule has 132 valence electrons. The zero-order valence-electron chi connectivity index (χ0n) is 13.1. The maximum atomic E-state index is 12.3. The average Bonchev–Trinajstić information content (AvgIpc) is 3.11. The minimum atomic E-state index is -4.78. The summed E-state index contributed by atoms with van der Waals surface area (Å²) in [7, 11) is 1.64. The van der Waals surface area contributed by atoms with Crippen molar-refractivity contribution in [3.8, 4) is 5.75 Å². The first-order chi connectivity index (χ1) is 11.7. The number of alkyl halides is 3. The molecular formula is C14H13F3N6O2. The number of carbonyl (C=O) groups excluding carboxylic acids is 1. The number of aromatic amines is 1. The minimum absolute atomic E-state index is 0.195. The third kappa shape index (κ3) is 3.70. The van der Waals surface area contributed by atoms with E-state index in [1.165, 1.54) is 28.9 Å². The van der Waals surface area contributed by atoms with E-state index in [0.29, 0.717) is 16.7 Å². The third-order valence-corrected chi connectivity index (χ3v) is 3.46. The van der Waals surface area contributed by atoms with E-state index in [0.717, 1.165) is 0 Å². The molecule has 0 aliphatic carbocycles. The van der Waals surface area contributed by atoms with Crippen LogP contribution in [0.3, 0.4) is 0 Å². The molecule has 0 saturated heterocycles. The number of aryl methyl sites for hydroxylation is 1. The van der Waals surface area contributed by atoms with Gasteiger partial charge in [0, 0.05) is 24.0 Å². The summed E-state index contributed by atoms with van der Waals surface area (Å²) < 4.78 is 42.1. The lowest BCUT2D eigenvalue weighted by Crippen LogP contribution is -2.28. The number of fused-ring (bicyclic) bond motifs is 1. The average molecular weight is 354 g/mol. The van der Waals surface area contributed by atoms with Gasteiger partial charge in [0.25, 0.3) is 5.91 Å². The molecule has 2 heterocycles. The number of nitrogens with one attached hydrogen (secondary N) is 2. The van der Waals surface area contributed by atoms with Crippen molar-refractivity contribution in [1.82, 2.24) is 30.5 Å². The number of H-pyrrole nitrogens is 1. The lowest BCUT2D eigenvalue weighted by molar-refractivity contribution is -0.274. The van der Waals surface area contributed by atoms with E-state index in [-0.39, 0.29) is 11.4 Å². The van der Waals surface area contributed by atoms with Crippen LogP contribution in [-0.4, -0.2) is 37.5 Å². The Morgan fingerprint density at radius 1 is 1.36 bits per heavy atom. The van der Waals surface area contributed by atoms with Crippen LogP contribution in [0.15, 0.2) is 24.3 Å². The van der Waals surface area contributed by atoms with Crippen molar-refractivity contribution in [2.24, 2.45) is 7.05 Å². The fourth-order valence-electron chi connectivity index (χ4n) is 2.37. The fourth-order valence-corrected chi connectivity index (χ4v) is 2.37. The number of tetrazole rings is 1. The Morgan fingerprint density at radius 2 is 2.12 bits per heavy atom. The Balaban J connectivity index is 1.79. The molecule has 1 aromatic carbocycles. The van der Waals surface area contributed by atoms with Crippen molar-refractivity contribution in [2.75, 3.05) is 0 Å². The molecule has 0 fully saturated rings. The number of benzene rings is 1. The van der Waals surface area contributed by atoms with Crippen LogP contribution in [0.2, 0.25) is 0 Å². The van der Waals surface area contributed by atoms with E-state index in [2.05, 4.69) is 30.6 Å². The second kappa shape index (κ2) is 6.07. The quantitative estimate of drug-likeness (QED) is 0.748. The van der Waals surface area contributed by atoms with E-state index < -0.39 is 18.3 Å². The SMILES string of the molecule is C[C@@H](NC(=O)c1cc2ccc(OC(F)(F)F)cc2[nH]1)c1nnnn1C. The van der Waals surface area contributed by atoms with E-state index in [1.54, 1.807) is 14.0 Å². The number of aromatic nitrogens is 5. The lowest BCUT2D eigenvalue weighted by Gasteiger charge is -2.11. The van der Waals surface area contributed by atoms with Crippen LogP contribution in [0.5, 0.6) is 5.75 Å². The van der Waals surface area contributed by atoms with E-state index in [1.807, 2.05) is 0 Å². The van der Waals surface area contributed by atoms with Crippen molar-refractivity contribution in [2.45, 2.75) is 19.3 Å². The van der Waals surface area contributed by atoms with Gasteiger partial charge in [-0.05, 0) is 35.5 Å². The van der Waals surface area contributed by atoms with Crippen molar-refractivity contribution in [1.29, 1.82) is 0 Å². The molecular weight excluding hydrogens is 341 g/mol. The smallest absolute Gasteiger partial charge is 0.406 e. The van der Waals surface area contributed by atoms with Gasteiger partial charge < -0.3 is 15.0 Å². The maximum absolute atomic E-state index is 12.3. The third-order valence-electron chi connectivity index (χ3n) is 3.46. The Morgan fingerprint density at radius 3 is 2.76 bits per heavy atom. The van der Waals surface area contributed by atoms with Crippen LogP contribution in [0.1, 0.15) is 29.3 Å². The van der Waals surface area contributed by atoms with Gasteiger partial charge in [-0.15, -0.1) is 18.3 Å². The normalized spacial score (nSPS) is 13.0. The molecule has 0 bridgehead atoms. The van der Waals surface area contributed by atoms with E-state index >= 15 is 0 Å². The predicted octanol–water partition coefficient (Wildman–Crippen LogP) is 2.08. The van der Waals surface area contributed by atoms with Gasteiger partial charge in [0.1, 0.15) is 11.4 Å². The highest BCUT2D eigenvalue weighted by Gasteiger charge is 2.31. The van der Waals surface area contributed by atoms with Gasteiger partial charge in [-0.3, -0.25) is 4.79 Å². The molecule has 1 amide bonds. The van der Waals surface area contributed by atoms with Gasteiger partial charge in [-0.2, -0.15) is 0 Å². The van der Waals surface area contributed by atoms with E-state index in [4.69, 9.17) is 0 Å². The zero-order chi connectivity index (χ0) is 18.2. The number of carbonyl (C=O) groups is 1. The Hall–Kier alpha value is -3.11. The number of hydrogen-bond donors (Lipinski definition) is 2. The Bertz CT molecular complexity index is 917. The summed E-state index contributed by atoms with van der Waals surface area (Å²) in [5.74, 6) is -0.345. The number of hydrogen-bond acceptors (Lipinski definition) is 5. The van der Waals surface area contributed by atoms with Crippen LogP contribution in [0, 0.1) is 0 Å². The van der Waals surface area contributed by atoms with Gasteiger partial charge in [0.15, 0.2) is 5.82 Å². The molecule has 3 rings (SSSR count). The Kier molecular flexibility index (Phi) is 4.07. The maximum Gasteiger partial charge on any atom is 0.573 e. The molecule has 0 saturated carbocycles. The van der Waals surface area contributed by atoms with Crippen LogP contribution in [-0.2, 0) is 7.05 Å². The number of rotatable bonds is 4. The largest absolute Gasteiger partial charge is 0.573 e. The summed E-state index contributed by atoms with van der Waals surface area (Å²) in [6.45, 7) is 1.71. The van der Waals surface area contributed by atoms with Crippen molar-refractivity contribution in [3.05, 3.63) is 35.8 Å². The molecule has 0 unspecified atom stereocenters. The monoisotopic (exact) mass is 354 g/mol. The standard InChI is InChI=1S/C14H13F3N6O2/c1-7(12-20-21-22-23(12)2)18-13(24)11-5-8-3-4-9(6-10(8)19-11)25-14(15,16)17/h3-7,19H,1-2H3,(H,18,24)/t7-/m1/s1. The summed E-state index contributed by atoms with van der Waals surface area (Å²) in [5.41, 5.74) is 0.543. The minimum Gasteiger partial charge on any atom is -0.406 e. The van der Waals surface area contributed by atoms with Crippen LogP contribution in [0.4, 0.5) is 13.2 Å². The number of halogens is 3. The number of amides is 1.